The van der Waals surface area contributed by atoms with Crippen molar-refractivity contribution in [2.45, 2.75) is 10.6 Å². The third-order valence-electron chi connectivity index (χ3n) is 4.26. The van der Waals surface area contributed by atoms with E-state index >= 15 is 0 Å². The number of nitrogens with zero attached hydrogens (tertiary/aromatic N) is 2. The Bertz CT molecular complexity index is 1310. The van der Waals surface area contributed by atoms with Gasteiger partial charge in [0, 0.05) is 27.4 Å². The van der Waals surface area contributed by atoms with Crippen LogP contribution in [0.2, 0.25) is 5.02 Å². The number of H-pyrrole nitrogens is 1. The predicted octanol–water partition coefficient (Wildman–Crippen LogP) is 3.52. The number of nitrogens with one attached hydrogen (secondary N) is 1. The molecule has 2 aromatic carbocycles. The van der Waals surface area contributed by atoms with Crippen molar-refractivity contribution in [3.05, 3.63) is 77.2 Å². The van der Waals surface area contributed by atoms with Crippen LogP contribution in [-0.4, -0.2) is 23.6 Å². The van der Waals surface area contributed by atoms with E-state index in [1.165, 1.54) is 30.5 Å². The first kappa shape index (κ1) is 18.4. The second-order valence-electron chi connectivity index (χ2n) is 6.19. The topological polar surface area (TPSA) is 86.9 Å². The Labute approximate surface area is 164 Å². The molecule has 0 radical (unpaired) electrons. The highest BCUT2D eigenvalue weighted by molar-refractivity contribution is 7.90. The number of sulfone groups is 1. The molecule has 4 rings (SSSR count). The van der Waals surface area contributed by atoms with E-state index < -0.39 is 21.4 Å². The fraction of sp³-hybridized carbons (Fsp3) is 0.0526. The molecule has 9 heteroatoms. The molecule has 0 aliphatic rings. The van der Waals surface area contributed by atoms with Gasteiger partial charge in [0.15, 0.2) is 9.84 Å². The summed E-state index contributed by atoms with van der Waals surface area (Å²) in [6.07, 6.45) is 1.46. The first-order chi connectivity index (χ1) is 13.3. The molecule has 0 atom stereocenters. The number of aromatic nitrogens is 3. The Kier molecular flexibility index (Phi) is 4.52. The minimum atomic E-state index is -3.79. The van der Waals surface area contributed by atoms with Crippen molar-refractivity contribution in [3.8, 4) is 11.5 Å². The smallest absolute Gasteiger partial charge is 0.299 e. The van der Waals surface area contributed by atoms with Gasteiger partial charge in [0.25, 0.3) is 5.69 Å². The molecule has 0 bridgehead atoms. The zero-order valence-corrected chi connectivity index (χ0v) is 15.9. The van der Waals surface area contributed by atoms with Crippen molar-refractivity contribution in [2.75, 3.05) is 0 Å². The lowest BCUT2D eigenvalue weighted by Crippen LogP contribution is -2.32. The maximum absolute atomic E-state index is 14.0. The van der Waals surface area contributed by atoms with E-state index in [-0.39, 0.29) is 15.5 Å². The quantitative estimate of drug-likeness (QED) is 0.392. The first-order valence-corrected chi connectivity index (χ1v) is 10.2. The lowest BCUT2D eigenvalue weighted by Gasteiger charge is -2.06. The van der Waals surface area contributed by atoms with Crippen LogP contribution >= 0.6 is 11.6 Å². The number of rotatable bonds is 4. The van der Waals surface area contributed by atoms with Gasteiger partial charge in [0.1, 0.15) is 5.82 Å². The number of halogens is 2. The number of pyridine rings is 1. The lowest BCUT2D eigenvalue weighted by atomic mass is 10.2. The molecule has 0 amide bonds. The Balaban J connectivity index is 1.72. The molecule has 2 heterocycles. The summed E-state index contributed by atoms with van der Waals surface area (Å²) >= 11 is 5.71. The maximum atomic E-state index is 14.0. The molecule has 6 nitrogen and oxygen atoms in total. The summed E-state index contributed by atoms with van der Waals surface area (Å²) < 4.78 is 40.4. The summed E-state index contributed by atoms with van der Waals surface area (Å²) in [6, 6.07) is 13.4. The van der Waals surface area contributed by atoms with E-state index in [1.807, 2.05) is 0 Å². The molecule has 0 aliphatic heterocycles. The molecular formula is C19H14ClFN3O3S+. The predicted molar refractivity (Wildman–Crippen MR) is 101 cm³/mol. The van der Waals surface area contributed by atoms with Gasteiger partial charge in [-0.15, -0.1) is 0 Å². The summed E-state index contributed by atoms with van der Waals surface area (Å²) in [6.45, 7) is 0. The van der Waals surface area contributed by atoms with Crippen LogP contribution in [0.5, 0.6) is 0 Å². The zero-order valence-electron chi connectivity index (χ0n) is 14.3. The maximum Gasteiger partial charge on any atom is 0.299 e. The Morgan fingerprint density at radius 1 is 1.14 bits per heavy atom. The Hall–Kier alpha value is -2.97. The second-order valence-corrected chi connectivity index (χ2v) is 8.62. The fourth-order valence-electron chi connectivity index (χ4n) is 2.85. The highest BCUT2D eigenvalue weighted by Gasteiger charge is 2.21. The molecule has 0 saturated carbocycles. The van der Waals surface area contributed by atoms with Gasteiger partial charge < -0.3 is 4.98 Å². The fourth-order valence-corrected chi connectivity index (χ4v) is 4.39. The Morgan fingerprint density at radius 2 is 1.96 bits per heavy atom. The largest absolute Gasteiger partial charge is 0.333 e. The molecular weight excluding hydrogens is 405 g/mol. The number of hydrogen-bond donors (Lipinski definition) is 2. The molecule has 0 aliphatic carbocycles. The van der Waals surface area contributed by atoms with Crippen molar-refractivity contribution >= 4 is 32.5 Å². The van der Waals surface area contributed by atoms with Crippen LogP contribution in [0.4, 0.5) is 4.39 Å². The average molecular weight is 419 g/mol. The Morgan fingerprint density at radius 3 is 2.71 bits per heavy atom. The number of fused-ring (bicyclic) bond motifs is 1. The van der Waals surface area contributed by atoms with Crippen molar-refractivity contribution in [3.63, 3.8) is 0 Å². The van der Waals surface area contributed by atoms with Gasteiger partial charge in [0.2, 0.25) is 12.0 Å². The van der Waals surface area contributed by atoms with Crippen LogP contribution in [0.15, 0.2) is 65.7 Å². The van der Waals surface area contributed by atoms with E-state index in [0.717, 1.165) is 10.8 Å². The standard InChI is InChI=1S/C19H13ClFN3O3S/c20-13-5-4-12(15(21)9-13)11-28(26,27)14-6-7-16-17(10-14)23-19(22-16)18-3-1-2-8-24(18)25/h1-10,25H,11H2/p+1. The van der Waals surface area contributed by atoms with Crippen LogP contribution < -0.4 is 4.73 Å². The normalized spacial score (nSPS) is 11.8. The highest BCUT2D eigenvalue weighted by atomic mass is 35.5. The minimum absolute atomic E-state index is 0.0366. The minimum Gasteiger partial charge on any atom is -0.333 e. The van der Waals surface area contributed by atoms with E-state index in [9.17, 15) is 18.0 Å². The van der Waals surface area contributed by atoms with Crippen molar-refractivity contribution < 1.29 is 22.7 Å². The molecule has 2 N–H and O–H groups in total. The van der Waals surface area contributed by atoms with E-state index in [4.69, 9.17) is 11.6 Å². The number of imidazole rings is 1. The number of aromatic amines is 1. The zero-order chi connectivity index (χ0) is 19.9. The van der Waals surface area contributed by atoms with Crippen LogP contribution in [-0.2, 0) is 15.6 Å². The second kappa shape index (κ2) is 6.88. The molecule has 4 aromatic rings. The average Bonchev–Trinajstić information content (AvgIpc) is 3.07. The lowest BCUT2D eigenvalue weighted by molar-refractivity contribution is -0.896. The third-order valence-corrected chi connectivity index (χ3v) is 6.15. The van der Waals surface area contributed by atoms with Gasteiger partial charge in [0.05, 0.1) is 21.7 Å². The number of benzene rings is 2. The van der Waals surface area contributed by atoms with E-state index in [0.29, 0.717) is 22.6 Å². The van der Waals surface area contributed by atoms with Crippen LogP contribution in [0.1, 0.15) is 5.56 Å². The highest BCUT2D eigenvalue weighted by Crippen LogP contribution is 2.25. The molecule has 2 aromatic heterocycles. The van der Waals surface area contributed by atoms with Crippen molar-refractivity contribution in [2.24, 2.45) is 0 Å². The van der Waals surface area contributed by atoms with E-state index in [2.05, 4.69) is 9.97 Å². The SMILES string of the molecule is O=S(=O)(Cc1ccc(Cl)cc1F)c1ccc2nc(-c3cccc[n+]3O)[nH]c2c1. The van der Waals surface area contributed by atoms with Gasteiger partial charge >= 0.3 is 0 Å². The van der Waals surface area contributed by atoms with Gasteiger partial charge in [-0.2, -0.15) is 0 Å². The summed E-state index contributed by atoms with van der Waals surface area (Å²) in [7, 11) is -3.79. The van der Waals surface area contributed by atoms with Crippen molar-refractivity contribution in [1.29, 1.82) is 0 Å². The summed E-state index contributed by atoms with van der Waals surface area (Å²) in [4.78, 5) is 7.41. The summed E-state index contributed by atoms with van der Waals surface area (Å²) in [5, 5.41) is 10.1. The molecule has 142 valence electrons. The summed E-state index contributed by atoms with van der Waals surface area (Å²) in [5.41, 5.74) is 1.48. The van der Waals surface area contributed by atoms with Gasteiger partial charge in [-0.05, 0) is 36.4 Å². The van der Waals surface area contributed by atoms with E-state index in [1.54, 1.807) is 24.3 Å². The van der Waals surface area contributed by atoms with Crippen molar-refractivity contribution in [1.82, 2.24) is 9.97 Å². The molecule has 0 spiro atoms. The molecule has 0 saturated heterocycles. The molecule has 0 fully saturated rings. The van der Waals surface area contributed by atoms with Gasteiger partial charge in [-0.1, -0.05) is 17.7 Å². The molecule has 0 unspecified atom stereocenters. The van der Waals surface area contributed by atoms with Crippen LogP contribution in [0, 0.1) is 5.82 Å². The van der Waals surface area contributed by atoms with Gasteiger partial charge in [-0.3, -0.25) is 5.21 Å². The first-order valence-electron chi connectivity index (χ1n) is 8.20. The van der Waals surface area contributed by atoms with Gasteiger partial charge in [-0.25, -0.2) is 17.8 Å². The number of hydrogen-bond acceptors (Lipinski definition) is 4. The van der Waals surface area contributed by atoms with Crippen LogP contribution in [0.25, 0.3) is 22.6 Å². The van der Waals surface area contributed by atoms with Crippen LogP contribution in [0.3, 0.4) is 0 Å². The summed E-state index contributed by atoms with van der Waals surface area (Å²) in [5.74, 6) is -0.772. The third kappa shape index (κ3) is 3.44. The molecule has 28 heavy (non-hydrogen) atoms. The monoisotopic (exact) mass is 418 g/mol.